The van der Waals surface area contributed by atoms with E-state index in [1.165, 1.54) is 87.4 Å². The fourth-order valence-corrected chi connectivity index (χ4v) is 14.8. The third-order valence-corrected chi connectivity index (χ3v) is 18.1. The largest absolute Gasteiger partial charge is 0.456 e. The predicted octanol–water partition coefficient (Wildman–Crippen LogP) is 22.1. The first-order valence-corrected chi connectivity index (χ1v) is 29.1. The molecule has 12 aromatic carbocycles. The van der Waals surface area contributed by atoms with Crippen LogP contribution in [0.1, 0.15) is 18.4 Å². The summed E-state index contributed by atoms with van der Waals surface area (Å²) in [6, 6.07) is 90.6. The Hall–Kier alpha value is -11.1. The number of hydrogen-bond acceptors (Lipinski definition) is 4. The maximum atomic E-state index is 6.55. The minimum atomic E-state index is 0.861. The number of furan rings is 2. The molecule has 0 bridgehead atoms. The molecule has 0 fully saturated rings. The van der Waals surface area contributed by atoms with E-state index in [9.17, 15) is 0 Å². The lowest BCUT2D eigenvalue weighted by molar-refractivity contribution is 0.668. The fourth-order valence-electron chi connectivity index (χ4n) is 14.8. The third-order valence-electron chi connectivity index (χ3n) is 18.1. The van der Waals surface area contributed by atoms with E-state index in [1.807, 2.05) is 12.1 Å². The van der Waals surface area contributed by atoms with Gasteiger partial charge in [0.15, 0.2) is 0 Å². The quantitative estimate of drug-likeness (QED) is 0.152. The van der Waals surface area contributed by atoms with Crippen molar-refractivity contribution < 1.29 is 8.83 Å². The van der Waals surface area contributed by atoms with Crippen LogP contribution >= 0.6 is 0 Å². The topological polar surface area (TPSA) is 41.6 Å². The molecule has 18 aromatic rings. The van der Waals surface area contributed by atoms with Crippen LogP contribution in [-0.2, 0) is 0 Å². The highest BCUT2D eigenvalue weighted by Crippen LogP contribution is 2.55. The second kappa shape index (κ2) is 17.2. The Balaban J connectivity index is 0.960. The minimum Gasteiger partial charge on any atom is -0.456 e. The standard InChI is InChI=1S/C78H48N4O2/c1-5-21-47(22-6-1)69-73-59-33-17-31-55-54-44-42-52(80(50-27-11-4-12-28-50)62-36-20-40-68-72(62)58-30-14-16-38-66(58)84-68)46-64(54)82(75(55)59)78(73)70(48-23-7-2-8-24-48)74-60-34-18-32-56-53-43-41-51(45-63(53)81(76(56)60)77(69)74)79(49-25-9-3-10-26-49)61-35-19-39-67-71(61)57-29-13-15-37-65(57)83-67/h1,3-7,9-46H,2,8H2. The average molecular weight is 1070 g/mol. The van der Waals surface area contributed by atoms with Crippen LogP contribution in [0.4, 0.5) is 34.1 Å². The molecule has 6 heterocycles. The first-order valence-electron chi connectivity index (χ1n) is 29.1. The van der Waals surface area contributed by atoms with Gasteiger partial charge >= 0.3 is 0 Å². The lowest BCUT2D eigenvalue weighted by Crippen LogP contribution is -2.10. The van der Waals surface area contributed by atoms with Crippen LogP contribution in [0.2, 0.25) is 0 Å². The molecule has 1 aliphatic carbocycles. The number of hydrogen-bond donors (Lipinski definition) is 0. The number of para-hydroxylation sites is 6. The smallest absolute Gasteiger partial charge is 0.137 e. The monoisotopic (exact) mass is 1070 g/mol. The summed E-state index contributed by atoms with van der Waals surface area (Å²) in [5.74, 6) is 0. The van der Waals surface area contributed by atoms with Gasteiger partial charge in [-0.3, -0.25) is 0 Å². The van der Waals surface area contributed by atoms with Gasteiger partial charge in [0.2, 0.25) is 0 Å². The van der Waals surface area contributed by atoms with Gasteiger partial charge in [0.05, 0.1) is 55.2 Å². The summed E-state index contributed by atoms with van der Waals surface area (Å²) in [6.07, 6.45) is 9.23. The zero-order chi connectivity index (χ0) is 54.7. The Morgan fingerprint density at radius 1 is 0.310 bits per heavy atom. The van der Waals surface area contributed by atoms with Gasteiger partial charge in [-0.25, -0.2) is 0 Å². The molecule has 0 spiro atoms. The van der Waals surface area contributed by atoms with Gasteiger partial charge in [-0.2, -0.15) is 0 Å². The van der Waals surface area contributed by atoms with E-state index < -0.39 is 0 Å². The Bertz CT molecular complexity index is 5800. The van der Waals surface area contributed by atoms with Crippen molar-refractivity contribution in [3.63, 3.8) is 0 Å². The molecule has 6 aromatic heterocycles. The van der Waals surface area contributed by atoms with E-state index in [1.54, 1.807) is 0 Å². The van der Waals surface area contributed by atoms with Crippen molar-refractivity contribution in [1.29, 1.82) is 0 Å². The summed E-state index contributed by atoms with van der Waals surface area (Å²) in [5.41, 5.74) is 22.0. The molecule has 6 heteroatoms. The Kier molecular flexibility index (Phi) is 9.36. The number of aromatic nitrogens is 2. The van der Waals surface area contributed by atoms with Gasteiger partial charge in [-0.1, -0.05) is 182 Å². The zero-order valence-electron chi connectivity index (χ0n) is 45.4. The molecule has 0 saturated carbocycles. The second-order valence-corrected chi connectivity index (χ2v) is 22.5. The van der Waals surface area contributed by atoms with Crippen LogP contribution in [0.5, 0.6) is 0 Å². The molecular weight excluding hydrogens is 1020 g/mol. The van der Waals surface area contributed by atoms with Crippen molar-refractivity contribution in [2.75, 3.05) is 9.80 Å². The highest BCUT2D eigenvalue weighted by molar-refractivity contribution is 6.37. The number of allylic oxidation sites excluding steroid dienone is 4. The molecule has 0 saturated heterocycles. The van der Waals surface area contributed by atoms with Crippen molar-refractivity contribution in [1.82, 2.24) is 8.80 Å². The number of fused-ring (bicyclic) bond motifs is 18. The summed E-state index contributed by atoms with van der Waals surface area (Å²) >= 11 is 0. The molecule has 0 radical (unpaired) electrons. The maximum absolute atomic E-state index is 6.55. The van der Waals surface area contributed by atoms with E-state index in [4.69, 9.17) is 8.83 Å². The first-order chi connectivity index (χ1) is 41.7. The van der Waals surface area contributed by atoms with Crippen molar-refractivity contribution in [2.24, 2.45) is 0 Å². The highest BCUT2D eigenvalue weighted by atomic mass is 16.3. The number of rotatable bonds is 8. The van der Waals surface area contributed by atoms with Crippen LogP contribution < -0.4 is 9.80 Å². The molecule has 0 N–H and O–H groups in total. The van der Waals surface area contributed by atoms with Gasteiger partial charge in [0.1, 0.15) is 22.3 Å². The molecule has 392 valence electrons. The normalized spacial score (nSPS) is 13.2. The summed E-state index contributed by atoms with van der Waals surface area (Å²) in [4.78, 5) is 4.83. The molecule has 0 atom stereocenters. The Labute approximate surface area is 481 Å². The van der Waals surface area contributed by atoms with E-state index in [-0.39, 0.29) is 0 Å². The molecular formula is C78H48N4O2. The zero-order valence-corrected chi connectivity index (χ0v) is 45.4. The van der Waals surface area contributed by atoms with Gasteiger partial charge in [0.25, 0.3) is 0 Å². The Morgan fingerprint density at radius 2 is 0.750 bits per heavy atom. The molecule has 84 heavy (non-hydrogen) atoms. The molecule has 0 amide bonds. The molecule has 6 nitrogen and oxygen atoms in total. The van der Waals surface area contributed by atoms with Crippen LogP contribution in [-0.4, -0.2) is 8.80 Å². The number of benzene rings is 12. The molecule has 0 aliphatic heterocycles. The Morgan fingerprint density at radius 3 is 1.27 bits per heavy atom. The van der Waals surface area contributed by atoms with Crippen molar-refractivity contribution in [3.05, 3.63) is 273 Å². The van der Waals surface area contributed by atoms with Crippen LogP contribution in [0.3, 0.4) is 0 Å². The van der Waals surface area contributed by atoms with Crippen LogP contribution in [0.25, 0.3) is 137 Å². The second-order valence-electron chi connectivity index (χ2n) is 22.5. The summed E-state index contributed by atoms with van der Waals surface area (Å²) < 4.78 is 18.4. The molecule has 0 unspecified atom stereocenters. The fraction of sp³-hybridized carbons (Fsp3) is 0.0256. The lowest BCUT2D eigenvalue weighted by atomic mass is 9.88. The van der Waals surface area contributed by atoms with E-state index in [0.29, 0.717) is 0 Å². The van der Waals surface area contributed by atoms with Crippen LogP contribution in [0, 0.1) is 0 Å². The van der Waals surface area contributed by atoms with Crippen molar-refractivity contribution in [3.8, 4) is 11.1 Å². The summed E-state index contributed by atoms with van der Waals surface area (Å²) in [5, 5.41) is 14.2. The average Bonchev–Trinajstić information content (AvgIpc) is 1.56. The SMILES string of the molecule is C1=CC(c2c3c4cccc5c6ccc(N(c7ccccc7)c7cccc8oc9ccccc9c78)cc6n(c3c(-c3ccccc3)c3c6cccc7c8ccc(N(c9ccccc9)c9cccc%10oc%11ccccc%11c9%10)cc8n(c23)c76)c54)=CCC1. The third kappa shape index (κ3) is 6.18. The van der Waals surface area contributed by atoms with Gasteiger partial charge in [-0.05, 0) is 109 Å². The number of nitrogens with zero attached hydrogens (tertiary/aromatic N) is 4. The highest BCUT2D eigenvalue weighted by Gasteiger charge is 2.32. The predicted molar refractivity (Wildman–Crippen MR) is 351 cm³/mol. The van der Waals surface area contributed by atoms with Crippen molar-refractivity contribution >= 4 is 160 Å². The first kappa shape index (κ1) is 45.6. The van der Waals surface area contributed by atoms with E-state index in [0.717, 1.165) is 102 Å². The van der Waals surface area contributed by atoms with Crippen LogP contribution in [0.15, 0.2) is 276 Å². The molecule has 19 rings (SSSR count). The molecule has 1 aliphatic rings. The summed E-state index contributed by atoms with van der Waals surface area (Å²) in [6.45, 7) is 0. The lowest BCUT2D eigenvalue weighted by Gasteiger charge is -2.26. The number of anilines is 6. The van der Waals surface area contributed by atoms with Gasteiger partial charge in [-0.15, -0.1) is 0 Å². The van der Waals surface area contributed by atoms with Gasteiger partial charge < -0.3 is 27.4 Å². The summed E-state index contributed by atoms with van der Waals surface area (Å²) in [7, 11) is 0. The van der Waals surface area contributed by atoms with Gasteiger partial charge in [0, 0.05) is 87.7 Å². The maximum Gasteiger partial charge on any atom is 0.137 e. The van der Waals surface area contributed by atoms with Crippen molar-refractivity contribution in [2.45, 2.75) is 12.8 Å². The van der Waals surface area contributed by atoms with E-state index in [2.05, 4.69) is 273 Å². The van der Waals surface area contributed by atoms with E-state index >= 15 is 0 Å². The minimum absolute atomic E-state index is 0.861.